The molecule has 2 N–H and O–H groups in total. The van der Waals surface area contributed by atoms with Crippen LogP contribution in [0.25, 0.3) is 0 Å². The van der Waals surface area contributed by atoms with Crippen LogP contribution in [0.4, 0.5) is 5.69 Å². The van der Waals surface area contributed by atoms with Crippen molar-refractivity contribution in [2.45, 2.75) is 70.6 Å². The third-order valence-electron chi connectivity index (χ3n) is 5.29. The van der Waals surface area contributed by atoms with Crippen LogP contribution in [0.2, 0.25) is 0 Å². The van der Waals surface area contributed by atoms with Gasteiger partial charge in [0.1, 0.15) is 35.8 Å². The van der Waals surface area contributed by atoms with Gasteiger partial charge < -0.3 is 29.4 Å². The smallest absolute Gasteiger partial charge is 0.270 e. The molecule has 9 nitrogen and oxygen atoms in total. The van der Waals surface area contributed by atoms with Crippen LogP contribution in [-0.4, -0.2) is 47.8 Å². The Bertz CT molecular complexity index is 795. The lowest BCUT2D eigenvalue weighted by Crippen LogP contribution is -2.52. The Morgan fingerprint density at radius 3 is 2.78 bits per heavy atom. The lowest BCUT2D eigenvalue weighted by molar-refractivity contribution is -0.385. The quantitative estimate of drug-likeness (QED) is 0.144. The zero-order valence-corrected chi connectivity index (χ0v) is 19.0. The number of aliphatic hydroxyl groups excluding tert-OH is 1. The van der Waals surface area contributed by atoms with Gasteiger partial charge in [-0.2, -0.15) is 0 Å². The normalized spacial score (nSPS) is 19.6. The first-order chi connectivity index (χ1) is 15.3. The minimum atomic E-state index is -0.959. The van der Waals surface area contributed by atoms with Crippen molar-refractivity contribution < 1.29 is 29.0 Å². The van der Waals surface area contributed by atoms with E-state index in [1.807, 2.05) is 0 Å². The van der Waals surface area contributed by atoms with Crippen molar-refractivity contribution in [2.24, 2.45) is 0 Å². The molecule has 0 radical (unpaired) electrons. The molecule has 0 fully saturated rings. The van der Waals surface area contributed by atoms with Crippen LogP contribution in [0.3, 0.4) is 0 Å². The summed E-state index contributed by atoms with van der Waals surface area (Å²) >= 11 is 0. The van der Waals surface area contributed by atoms with E-state index >= 15 is 0 Å². The molecule has 0 aliphatic carbocycles. The number of ether oxygens (including phenoxy) is 3. The second-order valence-corrected chi connectivity index (χ2v) is 8.31. The molecule has 178 valence electrons. The monoisotopic (exact) mass is 450 g/mol. The van der Waals surface area contributed by atoms with Gasteiger partial charge in [-0.1, -0.05) is 26.2 Å². The number of nitro benzene ring substituents is 1. The summed E-state index contributed by atoms with van der Waals surface area (Å²) in [7, 11) is 0. The number of hydrogen-bond donors (Lipinski definition) is 2. The summed E-state index contributed by atoms with van der Waals surface area (Å²) in [6.45, 7) is 6.66. The van der Waals surface area contributed by atoms with Crippen molar-refractivity contribution in [3.63, 3.8) is 0 Å². The number of benzene rings is 1. The van der Waals surface area contributed by atoms with Gasteiger partial charge in [-0.15, -0.1) is 0 Å². The molecule has 0 aromatic heterocycles. The Balaban J connectivity index is 2.15. The standard InChI is InChI=1S/C23H34N2O7/c1-4-5-6-7-13-31-18(16-30-12-8-11-26)15-24-21-19-14-17(25(28)29)9-10-20(19)32-23(2,3)22(21)27/h9-11,14,16,21-22,24,27H,4-8,12-13,15H2,1-3H3/b18-16-. The summed E-state index contributed by atoms with van der Waals surface area (Å²) in [5.41, 5.74) is -0.465. The number of nitrogens with one attached hydrogen (secondary N) is 1. The van der Waals surface area contributed by atoms with E-state index in [9.17, 15) is 20.0 Å². The number of carbonyl (C=O) groups excluding carboxylic acids is 1. The predicted molar refractivity (Wildman–Crippen MR) is 119 cm³/mol. The molecule has 0 bridgehead atoms. The van der Waals surface area contributed by atoms with E-state index in [4.69, 9.17) is 14.2 Å². The van der Waals surface area contributed by atoms with Crippen LogP contribution in [0.15, 0.2) is 30.2 Å². The number of carbonyl (C=O) groups is 1. The molecule has 1 aromatic carbocycles. The van der Waals surface area contributed by atoms with Crippen molar-refractivity contribution in [1.82, 2.24) is 5.32 Å². The Morgan fingerprint density at radius 2 is 2.09 bits per heavy atom. The van der Waals surface area contributed by atoms with E-state index in [0.717, 1.165) is 32.0 Å². The Hall–Kier alpha value is -2.65. The van der Waals surface area contributed by atoms with E-state index in [-0.39, 0.29) is 25.3 Å². The molecule has 1 aromatic rings. The summed E-state index contributed by atoms with van der Waals surface area (Å²) in [6, 6.07) is 3.74. The van der Waals surface area contributed by atoms with Crippen molar-refractivity contribution >= 4 is 12.0 Å². The van der Waals surface area contributed by atoms with Gasteiger partial charge in [0.2, 0.25) is 0 Å². The van der Waals surface area contributed by atoms with Gasteiger partial charge in [0.25, 0.3) is 5.69 Å². The van der Waals surface area contributed by atoms with Crippen molar-refractivity contribution in [3.05, 3.63) is 45.9 Å². The van der Waals surface area contributed by atoms with Crippen LogP contribution in [0.1, 0.15) is 64.5 Å². The summed E-state index contributed by atoms with van der Waals surface area (Å²) in [5, 5.41) is 25.4. The fourth-order valence-electron chi connectivity index (χ4n) is 3.46. The average Bonchev–Trinajstić information content (AvgIpc) is 2.75. The zero-order chi connectivity index (χ0) is 23.6. The first kappa shape index (κ1) is 25.6. The molecule has 2 unspecified atom stereocenters. The summed E-state index contributed by atoms with van der Waals surface area (Å²) in [6.07, 6.45) is 5.80. The van der Waals surface area contributed by atoms with Gasteiger partial charge in [0, 0.05) is 24.1 Å². The van der Waals surface area contributed by atoms with Crippen LogP contribution in [0.5, 0.6) is 5.75 Å². The number of nitrogens with zero attached hydrogens (tertiary/aromatic N) is 1. The van der Waals surface area contributed by atoms with Gasteiger partial charge in [-0.3, -0.25) is 10.1 Å². The second kappa shape index (κ2) is 12.4. The zero-order valence-electron chi connectivity index (χ0n) is 19.0. The molecule has 0 amide bonds. The largest absolute Gasteiger partial charge is 0.497 e. The SMILES string of the molecule is CCCCCCO/C(=C\OCCC=O)CNC1c2cc([N+](=O)[O-])ccc2OC(C)(C)C1O. The van der Waals surface area contributed by atoms with Crippen molar-refractivity contribution in [3.8, 4) is 5.75 Å². The van der Waals surface area contributed by atoms with Gasteiger partial charge in [-0.05, 0) is 26.3 Å². The summed E-state index contributed by atoms with van der Waals surface area (Å²) in [5.74, 6) is 1.01. The Labute approximate surface area is 188 Å². The average molecular weight is 451 g/mol. The van der Waals surface area contributed by atoms with E-state index in [0.29, 0.717) is 23.7 Å². The molecular formula is C23H34N2O7. The van der Waals surface area contributed by atoms with E-state index in [2.05, 4.69) is 12.2 Å². The molecule has 0 saturated heterocycles. The summed E-state index contributed by atoms with van der Waals surface area (Å²) in [4.78, 5) is 21.3. The maximum atomic E-state index is 11.2. The number of aliphatic hydroxyl groups is 1. The molecule has 2 atom stereocenters. The van der Waals surface area contributed by atoms with E-state index < -0.39 is 22.7 Å². The number of unbranched alkanes of at least 4 members (excludes halogenated alkanes) is 3. The highest BCUT2D eigenvalue weighted by Crippen LogP contribution is 2.41. The number of fused-ring (bicyclic) bond motifs is 1. The van der Waals surface area contributed by atoms with Gasteiger partial charge in [-0.25, -0.2) is 0 Å². The maximum Gasteiger partial charge on any atom is 0.270 e. The van der Waals surface area contributed by atoms with Crippen molar-refractivity contribution in [1.29, 1.82) is 0 Å². The molecule has 1 aliphatic heterocycles. The first-order valence-electron chi connectivity index (χ1n) is 11.1. The molecular weight excluding hydrogens is 416 g/mol. The third kappa shape index (κ3) is 7.20. The maximum absolute atomic E-state index is 11.2. The molecule has 32 heavy (non-hydrogen) atoms. The third-order valence-corrected chi connectivity index (χ3v) is 5.29. The fourth-order valence-corrected chi connectivity index (χ4v) is 3.46. The first-order valence-corrected chi connectivity index (χ1v) is 11.1. The number of nitro groups is 1. The lowest BCUT2D eigenvalue weighted by atomic mass is 9.86. The van der Waals surface area contributed by atoms with E-state index in [1.165, 1.54) is 18.4 Å². The van der Waals surface area contributed by atoms with E-state index in [1.54, 1.807) is 19.9 Å². The highest BCUT2D eigenvalue weighted by atomic mass is 16.6. The molecule has 2 rings (SSSR count). The highest BCUT2D eigenvalue weighted by molar-refractivity contribution is 5.49. The van der Waals surface area contributed by atoms with Crippen LogP contribution in [0, 0.1) is 10.1 Å². The van der Waals surface area contributed by atoms with Gasteiger partial charge in [0.05, 0.1) is 30.7 Å². The molecule has 1 heterocycles. The summed E-state index contributed by atoms with van der Waals surface area (Å²) < 4.78 is 17.1. The lowest BCUT2D eigenvalue weighted by Gasteiger charge is -2.42. The van der Waals surface area contributed by atoms with Gasteiger partial charge >= 0.3 is 0 Å². The van der Waals surface area contributed by atoms with Gasteiger partial charge in [0.15, 0.2) is 0 Å². The highest BCUT2D eigenvalue weighted by Gasteiger charge is 2.43. The number of aldehydes is 1. The van der Waals surface area contributed by atoms with Crippen LogP contribution < -0.4 is 10.1 Å². The molecule has 0 saturated carbocycles. The second-order valence-electron chi connectivity index (χ2n) is 8.31. The number of hydrogen-bond acceptors (Lipinski definition) is 8. The minimum Gasteiger partial charge on any atom is -0.497 e. The molecule has 9 heteroatoms. The van der Waals surface area contributed by atoms with Crippen LogP contribution in [-0.2, 0) is 14.3 Å². The van der Waals surface area contributed by atoms with Crippen molar-refractivity contribution in [2.75, 3.05) is 19.8 Å². The molecule has 0 spiro atoms. The van der Waals surface area contributed by atoms with Crippen LogP contribution >= 0.6 is 0 Å². The minimum absolute atomic E-state index is 0.0776. The number of non-ortho nitro benzene ring substituents is 1. The topological polar surface area (TPSA) is 120 Å². The fraction of sp³-hybridized carbons (Fsp3) is 0.609. The Kier molecular flexibility index (Phi) is 9.93. The number of rotatable bonds is 14. The predicted octanol–water partition coefficient (Wildman–Crippen LogP) is 3.80. The Morgan fingerprint density at radius 1 is 1.31 bits per heavy atom. The molecule has 1 aliphatic rings.